The summed E-state index contributed by atoms with van der Waals surface area (Å²) in [5.74, 6) is 0.791. The van der Waals surface area contributed by atoms with Gasteiger partial charge in [0.2, 0.25) is 0 Å². The molecule has 2 fully saturated rings. The van der Waals surface area contributed by atoms with Gasteiger partial charge >= 0.3 is 0 Å². The summed E-state index contributed by atoms with van der Waals surface area (Å²) >= 11 is 0. The van der Waals surface area contributed by atoms with E-state index in [4.69, 9.17) is 4.74 Å². The third-order valence-corrected chi connectivity index (χ3v) is 8.31. The van der Waals surface area contributed by atoms with Crippen LogP contribution in [0.15, 0.2) is 59.5 Å². The lowest BCUT2D eigenvalue weighted by atomic mass is 10.0. The number of hydrogen-bond acceptors (Lipinski definition) is 7. The van der Waals surface area contributed by atoms with Crippen molar-refractivity contribution >= 4 is 9.84 Å². The third kappa shape index (κ3) is 7.75. The first-order chi connectivity index (χ1) is 16.9. The number of aliphatic hydroxyl groups excluding tert-OH is 1. The number of benzene rings is 2. The molecule has 0 aromatic heterocycles. The number of nitrogens with zero attached hydrogens (tertiary/aromatic N) is 3. The van der Waals surface area contributed by atoms with Crippen molar-refractivity contribution in [2.24, 2.45) is 0 Å². The van der Waals surface area contributed by atoms with Gasteiger partial charge in [0.05, 0.1) is 4.90 Å². The monoisotopic (exact) mass is 501 g/mol. The SMILES string of the molecule is CS(=O)(=O)c1ccccc1CN1CCC(N2CCCN(CC(O)COc3ccccc3)CC2)CC1. The van der Waals surface area contributed by atoms with Crippen LogP contribution in [-0.4, -0.2) is 99.0 Å². The first-order valence-corrected chi connectivity index (χ1v) is 14.6. The second-order valence-corrected chi connectivity index (χ2v) is 11.8. The molecule has 2 heterocycles. The highest BCUT2D eigenvalue weighted by Gasteiger charge is 2.27. The quantitative estimate of drug-likeness (QED) is 0.566. The van der Waals surface area contributed by atoms with Gasteiger partial charge in [0, 0.05) is 38.5 Å². The highest BCUT2D eigenvalue weighted by molar-refractivity contribution is 7.90. The Kier molecular flexibility index (Phi) is 9.19. The van der Waals surface area contributed by atoms with Gasteiger partial charge in [-0.15, -0.1) is 0 Å². The molecule has 1 unspecified atom stereocenters. The van der Waals surface area contributed by atoms with Crippen LogP contribution in [-0.2, 0) is 16.4 Å². The molecule has 0 radical (unpaired) electrons. The summed E-state index contributed by atoms with van der Waals surface area (Å²) in [5, 5.41) is 10.5. The molecule has 2 aromatic carbocycles. The van der Waals surface area contributed by atoms with Crippen molar-refractivity contribution in [3.05, 3.63) is 60.2 Å². The first-order valence-electron chi connectivity index (χ1n) is 12.7. The van der Waals surface area contributed by atoms with Gasteiger partial charge in [-0.05, 0) is 69.2 Å². The van der Waals surface area contributed by atoms with Gasteiger partial charge in [0.15, 0.2) is 9.84 Å². The van der Waals surface area contributed by atoms with Crippen LogP contribution < -0.4 is 4.74 Å². The summed E-state index contributed by atoms with van der Waals surface area (Å²) < 4.78 is 30.0. The Morgan fingerprint density at radius 3 is 2.37 bits per heavy atom. The molecule has 8 heteroatoms. The topological polar surface area (TPSA) is 73.3 Å². The van der Waals surface area contributed by atoms with E-state index >= 15 is 0 Å². The third-order valence-electron chi connectivity index (χ3n) is 7.12. The Morgan fingerprint density at radius 2 is 1.63 bits per heavy atom. The molecule has 35 heavy (non-hydrogen) atoms. The number of sulfone groups is 1. The number of likely N-dealkylation sites (tertiary alicyclic amines) is 1. The highest BCUT2D eigenvalue weighted by Crippen LogP contribution is 2.23. The molecule has 4 rings (SSSR count). The molecular formula is C27H39N3O4S. The van der Waals surface area contributed by atoms with E-state index in [0.717, 1.165) is 69.8 Å². The van der Waals surface area contributed by atoms with Gasteiger partial charge in [-0.1, -0.05) is 36.4 Å². The predicted octanol–water partition coefficient (Wildman–Crippen LogP) is 2.50. The normalized spacial score (nSPS) is 20.4. The molecule has 1 N–H and O–H groups in total. The Balaban J connectivity index is 1.20. The van der Waals surface area contributed by atoms with Gasteiger partial charge in [-0.25, -0.2) is 8.42 Å². The number of para-hydroxylation sites is 1. The lowest BCUT2D eigenvalue weighted by molar-refractivity contribution is 0.0668. The molecule has 2 saturated heterocycles. The van der Waals surface area contributed by atoms with Gasteiger partial charge in [-0.3, -0.25) is 14.7 Å². The molecule has 1 atom stereocenters. The summed E-state index contributed by atoms with van der Waals surface area (Å²) in [6.07, 6.45) is 4.10. The van der Waals surface area contributed by atoms with Crippen LogP contribution in [0.5, 0.6) is 5.75 Å². The average molecular weight is 502 g/mol. The van der Waals surface area contributed by atoms with Crippen molar-refractivity contribution in [1.29, 1.82) is 0 Å². The maximum absolute atomic E-state index is 12.1. The maximum atomic E-state index is 12.1. The Labute approximate surface area is 210 Å². The van der Waals surface area contributed by atoms with E-state index in [1.807, 2.05) is 42.5 Å². The van der Waals surface area contributed by atoms with Crippen molar-refractivity contribution in [3.63, 3.8) is 0 Å². The minimum absolute atomic E-state index is 0.311. The molecule has 0 spiro atoms. The molecule has 2 aliphatic rings. The first kappa shape index (κ1) is 26.1. The smallest absolute Gasteiger partial charge is 0.175 e. The standard InChI is InChI=1S/C27H39N3O4S/c1-35(32,33)27-11-6-5-8-23(27)20-29-16-12-24(13-17-29)30-15-7-14-28(18-19-30)21-25(31)22-34-26-9-3-2-4-10-26/h2-6,8-11,24-25,31H,7,12-22H2,1H3. The van der Waals surface area contributed by atoms with E-state index in [9.17, 15) is 13.5 Å². The number of hydrogen-bond donors (Lipinski definition) is 1. The van der Waals surface area contributed by atoms with Crippen LogP contribution in [0.2, 0.25) is 0 Å². The molecule has 192 valence electrons. The van der Waals surface area contributed by atoms with Crippen LogP contribution in [0.4, 0.5) is 0 Å². The second kappa shape index (κ2) is 12.3. The zero-order chi connectivity index (χ0) is 24.7. The lowest BCUT2D eigenvalue weighted by Gasteiger charge is -2.38. The van der Waals surface area contributed by atoms with Gasteiger partial charge in [-0.2, -0.15) is 0 Å². The van der Waals surface area contributed by atoms with Crippen molar-refractivity contribution in [1.82, 2.24) is 14.7 Å². The largest absolute Gasteiger partial charge is 0.491 e. The number of piperidine rings is 1. The maximum Gasteiger partial charge on any atom is 0.175 e. The fourth-order valence-corrected chi connectivity index (χ4v) is 6.21. The number of aliphatic hydroxyl groups is 1. The van der Waals surface area contributed by atoms with Crippen LogP contribution in [0, 0.1) is 0 Å². The zero-order valence-corrected chi connectivity index (χ0v) is 21.6. The highest BCUT2D eigenvalue weighted by atomic mass is 32.2. The van der Waals surface area contributed by atoms with Crippen molar-refractivity contribution in [3.8, 4) is 5.75 Å². The van der Waals surface area contributed by atoms with Crippen LogP contribution in [0.3, 0.4) is 0 Å². The van der Waals surface area contributed by atoms with Gasteiger partial charge in [0.25, 0.3) is 0 Å². The number of β-amino-alcohol motifs (C(OH)–C–C–N with tert-alkyl or cyclic N) is 1. The molecule has 2 aliphatic heterocycles. The zero-order valence-electron chi connectivity index (χ0n) is 20.8. The minimum Gasteiger partial charge on any atom is -0.491 e. The lowest BCUT2D eigenvalue weighted by Crippen LogP contribution is -2.46. The second-order valence-electron chi connectivity index (χ2n) is 9.86. The van der Waals surface area contributed by atoms with E-state index in [1.165, 1.54) is 6.26 Å². The Hall–Kier alpha value is -1.97. The van der Waals surface area contributed by atoms with Crippen molar-refractivity contribution in [2.75, 3.05) is 58.7 Å². The molecule has 0 saturated carbocycles. The summed E-state index contributed by atoms with van der Waals surface area (Å²) in [6, 6.07) is 17.6. The minimum atomic E-state index is -3.21. The molecular weight excluding hydrogens is 462 g/mol. The molecule has 0 aliphatic carbocycles. The summed E-state index contributed by atoms with van der Waals surface area (Å²) in [7, 11) is -3.21. The van der Waals surface area contributed by atoms with E-state index in [-0.39, 0.29) is 0 Å². The van der Waals surface area contributed by atoms with Crippen LogP contribution in [0.25, 0.3) is 0 Å². The predicted molar refractivity (Wildman–Crippen MR) is 138 cm³/mol. The van der Waals surface area contributed by atoms with E-state index in [2.05, 4.69) is 14.7 Å². The van der Waals surface area contributed by atoms with E-state index in [0.29, 0.717) is 30.6 Å². The van der Waals surface area contributed by atoms with Crippen LogP contribution in [0.1, 0.15) is 24.8 Å². The van der Waals surface area contributed by atoms with Crippen LogP contribution >= 0.6 is 0 Å². The molecule has 7 nitrogen and oxygen atoms in total. The van der Waals surface area contributed by atoms with E-state index in [1.54, 1.807) is 12.1 Å². The molecule has 2 aromatic rings. The summed E-state index contributed by atoms with van der Waals surface area (Å²) in [4.78, 5) is 7.81. The Morgan fingerprint density at radius 1 is 0.914 bits per heavy atom. The van der Waals surface area contributed by atoms with Gasteiger partial charge < -0.3 is 9.84 Å². The summed E-state index contributed by atoms with van der Waals surface area (Å²) in [6.45, 7) is 7.68. The number of ether oxygens (including phenoxy) is 1. The fourth-order valence-electron chi connectivity index (χ4n) is 5.28. The molecule has 0 amide bonds. The number of rotatable bonds is 9. The van der Waals surface area contributed by atoms with Crippen molar-refractivity contribution in [2.45, 2.75) is 42.8 Å². The van der Waals surface area contributed by atoms with Crippen molar-refractivity contribution < 1.29 is 18.3 Å². The fraction of sp³-hybridized carbons (Fsp3) is 0.556. The van der Waals surface area contributed by atoms with Gasteiger partial charge in [0.1, 0.15) is 18.5 Å². The Bertz CT molecular complexity index is 1030. The van der Waals surface area contributed by atoms with E-state index < -0.39 is 15.9 Å². The average Bonchev–Trinajstić information content (AvgIpc) is 3.09. The summed E-state index contributed by atoms with van der Waals surface area (Å²) in [5.41, 5.74) is 0.897. The molecule has 0 bridgehead atoms.